The molecule has 3 rings (SSSR count). The Hall–Kier alpha value is -1.31. The fraction of sp³-hybridized carbons (Fsp3) is 0.368. The molecule has 0 aromatic heterocycles. The zero-order chi connectivity index (χ0) is 14.8. The Kier molecular flexibility index (Phi) is 4.32. The number of halogens is 1. The predicted molar refractivity (Wildman–Crippen MR) is 89.9 cm³/mol. The van der Waals surface area contributed by atoms with Gasteiger partial charge in [0, 0.05) is 11.1 Å². The number of nitrogens with one attached hydrogen (secondary N) is 1. The van der Waals surface area contributed by atoms with Crippen molar-refractivity contribution in [3.8, 4) is 0 Å². The lowest BCUT2D eigenvalue weighted by Gasteiger charge is -2.19. The maximum absolute atomic E-state index is 6.31. The van der Waals surface area contributed by atoms with E-state index in [2.05, 4.69) is 67.7 Å². The largest absolute Gasteiger partial charge is 0.310 e. The van der Waals surface area contributed by atoms with E-state index in [1.165, 1.54) is 17.5 Å². The summed E-state index contributed by atoms with van der Waals surface area (Å²) in [5, 5.41) is 4.52. The van der Waals surface area contributed by atoms with Gasteiger partial charge in [0.25, 0.3) is 0 Å². The van der Waals surface area contributed by atoms with Gasteiger partial charge in [-0.15, -0.1) is 0 Å². The highest BCUT2D eigenvalue weighted by molar-refractivity contribution is 6.31. The number of benzene rings is 2. The van der Waals surface area contributed by atoms with Crippen LogP contribution in [-0.2, 0) is 0 Å². The quantitative estimate of drug-likeness (QED) is 0.809. The molecule has 2 aromatic rings. The fourth-order valence-electron chi connectivity index (χ4n) is 3.21. The molecule has 1 nitrogen and oxygen atoms in total. The molecule has 0 heterocycles. The minimum absolute atomic E-state index is 0.401. The van der Waals surface area contributed by atoms with Crippen LogP contribution in [0.5, 0.6) is 0 Å². The van der Waals surface area contributed by atoms with E-state index in [0.717, 1.165) is 17.1 Å². The molecule has 21 heavy (non-hydrogen) atoms. The number of hydrogen-bond donors (Lipinski definition) is 1. The van der Waals surface area contributed by atoms with Crippen molar-refractivity contribution >= 4 is 11.6 Å². The molecule has 0 spiro atoms. The topological polar surface area (TPSA) is 12.0 Å². The molecule has 1 aliphatic rings. The molecule has 0 radical (unpaired) electrons. The van der Waals surface area contributed by atoms with Crippen molar-refractivity contribution in [2.75, 3.05) is 6.54 Å². The Balaban J connectivity index is 1.81. The van der Waals surface area contributed by atoms with Crippen molar-refractivity contribution in [3.63, 3.8) is 0 Å². The average Bonchev–Trinajstić information content (AvgIpc) is 3.29. The van der Waals surface area contributed by atoms with Crippen LogP contribution >= 0.6 is 11.6 Å². The lowest BCUT2D eigenvalue weighted by Crippen LogP contribution is -2.23. The number of aryl methyl sites for hydroxylation is 1. The van der Waals surface area contributed by atoms with Crippen LogP contribution in [0.2, 0.25) is 5.02 Å². The fourth-order valence-corrected chi connectivity index (χ4v) is 3.39. The summed E-state index contributed by atoms with van der Waals surface area (Å²) in [7, 11) is 0. The highest BCUT2D eigenvalue weighted by Gasteiger charge is 2.44. The molecule has 0 bridgehead atoms. The van der Waals surface area contributed by atoms with Gasteiger partial charge in [-0.1, -0.05) is 61.0 Å². The van der Waals surface area contributed by atoms with E-state index in [4.69, 9.17) is 11.6 Å². The first-order chi connectivity index (χ1) is 10.2. The molecule has 3 atom stereocenters. The Morgan fingerprint density at radius 2 is 1.95 bits per heavy atom. The maximum Gasteiger partial charge on any atom is 0.0438 e. The smallest absolute Gasteiger partial charge is 0.0438 e. The summed E-state index contributed by atoms with van der Waals surface area (Å²) in [5.41, 5.74) is 3.92. The Bertz CT molecular complexity index is 608. The van der Waals surface area contributed by atoms with Gasteiger partial charge in [0.05, 0.1) is 0 Å². The maximum atomic E-state index is 6.31. The number of hydrogen-bond acceptors (Lipinski definition) is 1. The van der Waals surface area contributed by atoms with E-state index < -0.39 is 0 Å². The normalized spacial score (nSPS) is 22.0. The van der Waals surface area contributed by atoms with Crippen molar-refractivity contribution in [2.45, 2.75) is 32.2 Å². The van der Waals surface area contributed by atoms with E-state index in [1.54, 1.807) is 0 Å². The predicted octanol–water partition coefficient (Wildman–Crippen LogP) is 5.10. The van der Waals surface area contributed by atoms with Crippen molar-refractivity contribution in [1.29, 1.82) is 0 Å². The third-order valence-electron chi connectivity index (χ3n) is 4.47. The SMILES string of the molecule is CCNC(c1ccc(C)c(Cl)c1)C1CC1c1ccccc1. The number of rotatable bonds is 5. The molecule has 2 heteroatoms. The first-order valence-corrected chi connectivity index (χ1v) is 8.13. The van der Waals surface area contributed by atoms with E-state index in [1.807, 2.05) is 0 Å². The molecule has 1 fully saturated rings. The zero-order valence-electron chi connectivity index (χ0n) is 12.6. The molecule has 2 aromatic carbocycles. The van der Waals surface area contributed by atoms with Crippen molar-refractivity contribution in [2.24, 2.45) is 5.92 Å². The minimum Gasteiger partial charge on any atom is -0.310 e. The van der Waals surface area contributed by atoms with Gasteiger partial charge in [0.2, 0.25) is 0 Å². The van der Waals surface area contributed by atoms with Crippen LogP contribution in [0.4, 0.5) is 0 Å². The lowest BCUT2D eigenvalue weighted by atomic mass is 9.98. The minimum atomic E-state index is 0.401. The van der Waals surface area contributed by atoms with E-state index in [0.29, 0.717) is 17.9 Å². The summed E-state index contributed by atoms with van der Waals surface area (Å²) in [4.78, 5) is 0. The zero-order valence-corrected chi connectivity index (χ0v) is 13.4. The molecule has 0 amide bonds. The van der Waals surface area contributed by atoms with Gasteiger partial charge in [-0.05, 0) is 54.5 Å². The van der Waals surface area contributed by atoms with Crippen LogP contribution in [0.1, 0.15) is 42.0 Å². The standard InChI is InChI=1S/C19H22ClN/c1-3-21-19(15-10-9-13(2)18(20)11-15)17-12-16(17)14-7-5-4-6-8-14/h4-11,16-17,19,21H,3,12H2,1-2H3. The van der Waals surface area contributed by atoms with Crippen molar-refractivity contribution in [1.82, 2.24) is 5.32 Å². The molecule has 110 valence electrons. The van der Waals surface area contributed by atoms with Crippen LogP contribution in [0.3, 0.4) is 0 Å². The van der Waals surface area contributed by atoms with Gasteiger partial charge in [-0.25, -0.2) is 0 Å². The van der Waals surface area contributed by atoms with E-state index >= 15 is 0 Å². The van der Waals surface area contributed by atoms with Crippen LogP contribution in [0, 0.1) is 12.8 Å². The van der Waals surface area contributed by atoms with Crippen LogP contribution in [0.15, 0.2) is 48.5 Å². The molecule has 0 saturated heterocycles. The molecule has 1 N–H and O–H groups in total. The summed E-state index contributed by atoms with van der Waals surface area (Å²) in [5.74, 6) is 1.35. The second-order valence-corrected chi connectivity index (χ2v) is 6.37. The molecular formula is C19H22ClN. The summed E-state index contributed by atoms with van der Waals surface area (Å²) in [6.45, 7) is 5.20. The van der Waals surface area contributed by atoms with Gasteiger partial charge >= 0.3 is 0 Å². The van der Waals surface area contributed by atoms with Crippen LogP contribution in [-0.4, -0.2) is 6.54 Å². The lowest BCUT2D eigenvalue weighted by molar-refractivity contribution is 0.487. The highest BCUT2D eigenvalue weighted by Crippen LogP contribution is 2.54. The van der Waals surface area contributed by atoms with Gasteiger partial charge in [-0.2, -0.15) is 0 Å². The van der Waals surface area contributed by atoms with Crippen molar-refractivity contribution < 1.29 is 0 Å². The van der Waals surface area contributed by atoms with Gasteiger partial charge in [0.15, 0.2) is 0 Å². The van der Waals surface area contributed by atoms with Crippen LogP contribution < -0.4 is 5.32 Å². The molecule has 0 aliphatic heterocycles. The third-order valence-corrected chi connectivity index (χ3v) is 4.88. The summed E-state index contributed by atoms with van der Waals surface area (Å²) >= 11 is 6.31. The van der Waals surface area contributed by atoms with Gasteiger partial charge < -0.3 is 5.32 Å². The van der Waals surface area contributed by atoms with Gasteiger partial charge in [0.1, 0.15) is 0 Å². The van der Waals surface area contributed by atoms with E-state index in [-0.39, 0.29) is 0 Å². The first-order valence-electron chi connectivity index (χ1n) is 7.75. The average molecular weight is 300 g/mol. The Morgan fingerprint density at radius 3 is 2.62 bits per heavy atom. The molecular weight excluding hydrogens is 278 g/mol. The second-order valence-electron chi connectivity index (χ2n) is 5.96. The summed E-state index contributed by atoms with van der Waals surface area (Å²) in [6, 6.07) is 17.7. The summed E-state index contributed by atoms with van der Waals surface area (Å²) < 4.78 is 0. The molecule has 1 saturated carbocycles. The molecule has 3 unspecified atom stereocenters. The Labute approximate surface area is 132 Å². The molecule has 1 aliphatic carbocycles. The summed E-state index contributed by atoms with van der Waals surface area (Å²) in [6.07, 6.45) is 1.26. The van der Waals surface area contributed by atoms with Crippen molar-refractivity contribution in [3.05, 3.63) is 70.2 Å². The second kappa shape index (κ2) is 6.21. The Morgan fingerprint density at radius 1 is 1.19 bits per heavy atom. The third kappa shape index (κ3) is 3.14. The monoisotopic (exact) mass is 299 g/mol. The van der Waals surface area contributed by atoms with Gasteiger partial charge in [-0.3, -0.25) is 0 Å². The van der Waals surface area contributed by atoms with E-state index in [9.17, 15) is 0 Å². The van der Waals surface area contributed by atoms with Crippen LogP contribution in [0.25, 0.3) is 0 Å². The highest BCUT2D eigenvalue weighted by atomic mass is 35.5. The first kappa shape index (κ1) is 14.6.